The zero-order valence-electron chi connectivity index (χ0n) is 25.1. The average Bonchev–Trinajstić information content (AvgIpc) is 3.58. The van der Waals surface area contributed by atoms with Crippen LogP contribution in [0.2, 0.25) is 0 Å². The van der Waals surface area contributed by atoms with Crippen LogP contribution in [0.5, 0.6) is 5.75 Å². The summed E-state index contributed by atoms with van der Waals surface area (Å²) in [5, 5.41) is 10.0. The second-order valence-electron chi connectivity index (χ2n) is 12.4. The number of aromatic nitrogens is 2. The van der Waals surface area contributed by atoms with Gasteiger partial charge in [0.1, 0.15) is 12.4 Å². The first kappa shape index (κ1) is 29.5. The van der Waals surface area contributed by atoms with Gasteiger partial charge in [0.05, 0.1) is 35.2 Å². The lowest BCUT2D eigenvalue weighted by molar-refractivity contribution is -0.153. The minimum atomic E-state index is -0.913. The molecule has 10 heteroatoms. The number of aliphatic carboxylic acids is 1. The Kier molecular flexibility index (Phi) is 7.85. The van der Waals surface area contributed by atoms with Gasteiger partial charge in [0.15, 0.2) is 0 Å². The monoisotopic (exact) mass is 670 g/mol. The highest BCUT2D eigenvalue weighted by Gasteiger charge is 2.44. The summed E-state index contributed by atoms with van der Waals surface area (Å²) in [5.41, 5.74) is 6.45. The number of fused-ring (bicyclic) bond motifs is 3. The number of imidazole rings is 1. The highest BCUT2D eigenvalue weighted by atomic mass is 79.9. The quantitative estimate of drug-likeness (QED) is 0.263. The van der Waals surface area contributed by atoms with E-state index in [1.54, 1.807) is 11.2 Å². The molecule has 0 unspecified atom stereocenters. The number of ether oxygens (including phenoxy) is 1. The molecule has 45 heavy (non-hydrogen) atoms. The third-order valence-corrected chi connectivity index (χ3v) is 10.5. The molecule has 3 atom stereocenters. The zero-order valence-corrected chi connectivity index (χ0v) is 26.7. The molecule has 9 nitrogen and oxygen atoms in total. The maximum atomic E-state index is 14.4. The maximum Gasteiger partial charge on any atom is 0.307 e. The zero-order chi connectivity index (χ0) is 31.2. The van der Waals surface area contributed by atoms with Gasteiger partial charge in [-0.3, -0.25) is 14.4 Å². The van der Waals surface area contributed by atoms with E-state index in [1.165, 1.54) is 0 Å². The van der Waals surface area contributed by atoms with Crippen LogP contribution in [0.4, 0.5) is 0 Å². The molecule has 0 bridgehead atoms. The van der Waals surface area contributed by atoms with Gasteiger partial charge in [0, 0.05) is 42.3 Å². The molecule has 3 heterocycles. The van der Waals surface area contributed by atoms with Crippen LogP contribution in [0.3, 0.4) is 0 Å². The van der Waals surface area contributed by atoms with Gasteiger partial charge in [-0.15, -0.1) is 0 Å². The number of aryl methyl sites for hydroxylation is 1. The first-order valence-corrected chi connectivity index (χ1v) is 16.3. The second-order valence-corrected chi connectivity index (χ2v) is 13.2. The van der Waals surface area contributed by atoms with Crippen molar-refractivity contribution in [3.8, 4) is 5.75 Å². The number of halogens is 1. The summed E-state index contributed by atoms with van der Waals surface area (Å²) in [7, 11) is 1.96. The van der Waals surface area contributed by atoms with Crippen molar-refractivity contribution in [1.82, 2.24) is 19.4 Å². The van der Waals surface area contributed by atoms with Crippen LogP contribution in [0.15, 0.2) is 65.4 Å². The van der Waals surface area contributed by atoms with Crippen molar-refractivity contribution in [2.45, 2.75) is 51.3 Å². The van der Waals surface area contributed by atoms with E-state index in [4.69, 9.17) is 4.74 Å². The van der Waals surface area contributed by atoms with Crippen molar-refractivity contribution in [3.63, 3.8) is 0 Å². The highest BCUT2D eigenvalue weighted by molar-refractivity contribution is 9.10. The minimum absolute atomic E-state index is 0.0627. The number of nitrogens with zero attached hydrogens (tertiary/aromatic N) is 4. The first-order chi connectivity index (χ1) is 21.8. The SMILES string of the molecule is Cn1cnc2cc(COc3ccc(Br)c4c3[C@@H](CN3Cc5ccccc5C3=O)N(C(=O)[C@@H]3CCCC[C@@H]3C(=O)O)CC4)ccc21. The molecular formula is C35H35BrN4O5. The number of hydrogen-bond donors (Lipinski definition) is 1. The van der Waals surface area contributed by atoms with Crippen LogP contribution >= 0.6 is 15.9 Å². The van der Waals surface area contributed by atoms with E-state index in [0.29, 0.717) is 50.3 Å². The summed E-state index contributed by atoms with van der Waals surface area (Å²) in [5.74, 6) is -1.76. The lowest BCUT2D eigenvalue weighted by Gasteiger charge is -2.43. The van der Waals surface area contributed by atoms with Crippen LogP contribution in [-0.4, -0.2) is 55.3 Å². The molecule has 1 saturated carbocycles. The Hall–Kier alpha value is -4.18. The van der Waals surface area contributed by atoms with E-state index in [-0.39, 0.29) is 18.4 Å². The number of rotatable bonds is 7. The number of hydrogen-bond acceptors (Lipinski definition) is 5. The molecule has 1 N–H and O–H groups in total. The Bertz CT molecular complexity index is 1820. The normalized spacial score (nSPS) is 21.1. The van der Waals surface area contributed by atoms with E-state index in [2.05, 4.69) is 20.9 Å². The molecule has 2 amide bonds. The first-order valence-electron chi connectivity index (χ1n) is 15.5. The predicted octanol–water partition coefficient (Wildman–Crippen LogP) is 5.89. The van der Waals surface area contributed by atoms with Gasteiger partial charge in [0.25, 0.3) is 5.91 Å². The summed E-state index contributed by atoms with van der Waals surface area (Å²) < 4.78 is 9.42. The summed E-state index contributed by atoms with van der Waals surface area (Å²) in [6.45, 7) is 1.48. The molecule has 232 valence electrons. The molecule has 7 rings (SSSR count). The molecule has 0 saturated heterocycles. The van der Waals surface area contributed by atoms with Crippen molar-refractivity contribution >= 4 is 44.7 Å². The molecule has 3 aromatic carbocycles. The Balaban J connectivity index is 1.25. The number of amides is 2. The molecule has 4 aromatic rings. The van der Waals surface area contributed by atoms with Crippen LogP contribution in [-0.2, 0) is 36.2 Å². The smallest absolute Gasteiger partial charge is 0.307 e. The number of carboxylic acids is 1. The highest BCUT2D eigenvalue weighted by Crippen LogP contribution is 2.44. The fraction of sp³-hybridized carbons (Fsp3) is 0.371. The molecule has 1 aromatic heterocycles. The topological polar surface area (TPSA) is 105 Å². The molecule has 1 aliphatic carbocycles. The maximum absolute atomic E-state index is 14.4. The van der Waals surface area contributed by atoms with E-state index in [9.17, 15) is 19.5 Å². The lowest BCUT2D eigenvalue weighted by atomic mass is 9.77. The number of benzene rings is 3. The molecular weight excluding hydrogens is 636 g/mol. The van der Waals surface area contributed by atoms with Crippen LogP contribution in [0, 0.1) is 11.8 Å². The van der Waals surface area contributed by atoms with Crippen LogP contribution < -0.4 is 4.74 Å². The van der Waals surface area contributed by atoms with E-state index in [1.807, 2.05) is 71.1 Å². The van der Waals surface area contributed by atoms with Gasteiger partial charge >= 0.3 is 5.97 Å². The standard InChI is InChI=1S/C35H35BrN4O5/c1-38-20-37-28-16-21(10-12-29(28)38)19-45-31-13-11-27(36)26-14-15-40(34(42)24-8-4-5-9-25(24)35(43)44)30(32(26)31)18-39-17-22-6-2-3-7-23(22)33(39)41/h2-3,6-7,10-13,16,20,24-25,30H,4-5,8-9,14-15,17-19H2,1H3,(H,43,44)/t24-,25+,30-/m1/s1. The summed E-state index contributed by atoms with van der Waals surface area (Å²) >= 11 is 3.75. The summed E-state index contributed by atoms with van der Waals surface area (Å²) in [6.07, 6.45) is 5.07. The van der Waals surface area contributed by atoms with Gasteiger partial charge in [-0.05, 0) is 66.3 Å². The van der Waals surface area contributed by atoms with Crippen LogP contribution in [0.1, 0.15) is 64.3 Å². The van der Waals surface area contributed by atoms with Crippen molar-refractivity contribution < 1.29 is 24.2 Å². The largest absolute Gasteiger partial charge is 0.489 e. The Morgan fingerprint density at radius 3 is 2.67 bits per heavy atom. The van der Waals surface area contributed by atoms with E-state index >= 15 is 0 Å². The number of carboxylic acid groups (broad SMARTS) is 1. The molecule has 3 aliphatic rings. The fourth-order valence-electron chi connectivity index (χ4n) is 7.40. The van der Waals surface area contributed by atoms with E-state index in [0.717, 1.165) is 50.6 Å². The van der Waals surface area contributed by atoms with Gasteiger partial charge in [-0.2, -0.15) is 0 Å². The second kappa shape index (κ2) is 12.0. The summed E-state index contributed by atoms with van der Waals surface area (Å²) in [4.78, 5) is 48.3. The van der Waals surface area contributed by atoms with Crippen molar-refractivity contribution in [1.29, 1.82) is 0 Å². The number of carbonyl (C=O) groups is 3. The average molecular weight is 672 g/mol. The van der Waals surface area contributed by atoms with Crippen LogP contribution in [0.25, 0.3) is 11.0 Å². The van der Waals surface area contributed by atoms with Crippen molar-refractivity contribution in [2.24, 2.45) is 18.9 Å². The third-order valence-electron chi connectivity index (χ3n) is 9.73. The van der Waals surface area contributed by atoms with Gasteiger partial charge in [-0.1, -0.05) is 53.0 Å². The molecule has 0 spiro atoms. The Labute approximate surface area is 269 Å². The fourth-order valence-corrected chi connectivity index (χ4v) is 7.94. The van der Waals surface area contributed by atoms with Crippen molar-refractivity contribution in [3.05, 3.63) is 93.2 Å². The molecule has 0 radical (unpaired) electrons. The van der Waals surface area contributed by atoms with Crippen molar-refractivity contribution in [2.75, 3.05) is 13.1 Å². The van der Waals surface area contributed by atoms with Gasteiger partial charge < -0.3 is 24.2 Å². The lowest BCUT2D eigenvalue weighted by Crippen LogP contribution is -2.50. The number of carbonyl (C=O) groups excluding carboxylic acids is 2. The summed E-state index contributed by atoms with van der Waals surface area (Å²) in [6, 6.07) is 17.1. The Morgan fingerprint density at radius 1 is 1.07 bits per heavy atom. The van der Waals surface area contributed by atoms with Gasteiger partial charge in [-0.25, -0.2) is 4.98 Å². The molecule has 2 aliphatic heterocycles. The Morgan fingerprint density at radius 2 is 1.87 bits per heavy atom. The molecule has 1 fully saturated rings. The van der Waals surface area contributed by atoms with Gasteiger partial charge in [0.2, 0.25) is 5.91 Å². The minimum Gasteiger partial charge on any atom is -0.489 e. The van der Waals surface area contributed by atoms with E-state index < -0.39 is 23.8 Å². The third kappa shape index (κ3) is 5.39. The predicted molar refractivity (Wildman–Crippen MR) is 172 cm³/mol.